The maximum atomic E-state index is 12.9. The van der Waals surface area contributed by atoms with Gasteiger partial charge in [-0.2, -0.15) is 13.2 Å². The van der Waals surface area contributed by atoms with Gasteiger partial charge >= 0.3 is 6.18 Å². The van der Waals surface area contributed by atoms with Crippen molar-refractivity contribution >= 4 is 16.9 Å². The molecule has 1 amide bonds. The average molecular weight is 351 g/mol. The first-order valence-electron chi connectivity index (χ1n) is 8.28. The van der Waals surface area contributed by atoms with Crippen LogP contribution in [-0.2, 0) is 11.0 Å². The first-order chi connectivity index (χ1) is 11.8. The van der Waals surface area contributed by atoms with Crippen molar-refractivity contribution in [3.63, 3.8) is 0 Å². The summed E-state index contributed by atoms with van der Waals surface area (Å²) in [7, 11) is 0. The van der Waals surface area contributed by atoms with E-state index in [9.17, 15) is 18.0 Å². The highest BCUT2D eigenvalue weighted by Gasteiger charge is 2.31. The lowest BCUT2D eigenvalue weighted by Crippen LogP contribution is -2.38. The number of aryl methyl sites for hydroxylation is 1. The summed E-state index contributed by atoms with van der Waals surface area (Å²) in [5.74, 6) is 0.704. The summed E-state index contributed by atoms with van der Waals surface area (Å²) in [4.78, 5) is 18.0. The Labute approximate surface area is 143 Å². The number of alkyl halides is 3. The number of likely N-dealkylation sites (tertiary alicyclic amines) is 1. The number of allylic oxidation sites excluding steroid dienone is 1. The van der Waals surface area contributed by atoms with Gasteiger partial charge in [0.25, 0.3) is 0 Å². The second-order valence-electron chi connectivity index (χ2n) is 6.29. The number of carbonyl (C=O) groups excluding carboxylic acids is 1. The first kappa shape index (κ1) is 17.5. The molecule has 0 bridgehead atoms. The summed E-state index contributed by atoms with van der Waals surface area (Å²) in [6.07, 6.45) is 0.425. The number of benzene rings is 1. The third-order valence-electron chi connectivity index (χ3n) is 4.64. The monoisotopic (exact) mass is 351 g/mol. The molecule has 2 aromatic rings. The molecular weight excluding hydrogens is 331 g/mol. The minimum atomic E-state index is -4.37. The van der Waals surface area contributed by atoms with E-state index in [1.807, 2.05) is 11.5 Å². The second-order valence-corrected chi connectivity index (χ2v) is 6.29. The van der Waals surface area contributed by atoms with Crippen LogP contribution in [0.4, 0.5) is 13.2 Å². The Morgan fingerprint density at radius 2 is 1.96 bits per heavy atom. The molecule has 1 fully saturated rings. The van der Waals surface area contributed by atoms with Crippen LogP contribution in [-0.4, -0.2) is 33.4 Å². The van der Waals surface area contributed by atoms with Crippen LogP contribution < -0.4 is 0 Å². The molecule has 4 nitrogen and oxygen atoms in total. The fraction of sp³-hybridized carbons (Fsp3) is 0.444. The van der Waals surface area contributed by atoms with Gasteiger partial charge in [-0.3, -0.25) is 4.79 Å². The fourth-order valence-corrected chi connectivity index (χ4v) is 3.45. The predicted octanol–water partition coefficient (Wildman–Crippen LogP) is 4.10. The lowest BCUT2D eigenvalue weighted by Gasteiger charge is -2.33. The Morgan fingerprint density at radius 1 is 1.28 bits per heavy atom. The van der Waals surface area contributed by atoms with Crippen LogP contribution >= 0.6 is 0 Å². The van der Waals surface area contributed by atoms with Crippen LogP contribution in [0.2, 0.25) is 0 Å². The number of carbonyl (C=O) groups is 1. The van der Waals surface area contributed by atoms with Crippen molar-refractivity contribution < 1.29 is 18.0 Å². The third-order valence-corrected chi connectivity index (χ3v) is 4.64. The summed E-state index contributed by atoms with van der Waals surface area (Å²) in [5.41, 5.74) is 0.389. The Hall–Kier alpha value is -2.31. The zero-order chi connectivity index (χ0) is 18.2. The molecule has 0 atom stereocenters. The van der Waals surface area contributed by atoms with Crippen LogP contribution in [0.15, 0.2) is 30.4 Å². The van der Waals surface area contributed by atoms with Crippen LogP contribution in [0, 0.1) is 6.92 Å². The molecule has 1 aromatic carbocycles. The number of hydrogen-bond donors (Lipinski definition) is 0. The molecule has 1 aliphatic heterocycles. The van der Waals surface area contributed by atoms with E-state index in [0.717, 1.165) is 25.0 Å². The average Bonchev–Trinajstić information content (AvgIpc) is 2.89. The number of piperidine rings is 1. The number of rotatable bonds is 2. The minimum absolute atomic E-state index is 0.00276. The van der Waals surface area contributed by atoms with Gasteiger partial charge < -0.3 is 9.47 Å². The van der Waals surface area contributed by atoms with Crippen molar-refractivity contribution in [3.05, 3.63) is 41.7 Å². The van der Waals surface area contributed by atoms with E-state index in [-0.39, 0.29) is 11.9 Å². The van der Waals surface area contributed by atoms with Crippen LogP contribution in [0.25, 0.3) is 11.0 Å². The van der Waals surface area contributed by atoms with E-state index in [4.69, 9.17) is 0 Å². The molecule has 0 spiro atoms. The lowest BCUT2D eigenvalue weighted by atomic mass is 10.0. The number of nitrogens with zero attached hydrogens (tertiary/aromatic N) is 3. The molecule has 3 rings (SSSR count). The summed E-state index contributed by atoms with van der Waals surface area (Å²) in [5, 5.41) is 0. The normalized spacial score (nSPS) is 16.9. The highest BCUT2D eigenvalue weighted by Crippen LogP contribution is 2.34. The van der Waals surface area contributed by atoms with E-state index in [2.05, 4.69) is 4.98 Å². The highest BCUT2D eigenvalue weighted by atomic mass is 19.4. The molecule has 2 heterocycles. The molecule has 0 radical (unpaired) electrons. The molecule has 0 N–H and O–H groups in total. The Kier molecular flexibility index (Phi) is 4.58. The van der Waals surface area contributed by atoms with Crippen molar-refractivity contribution in [2.45, 2.75) is 38.9 Å². The van der Waals surface area contributed by atoms with Crippen molar-refractivity contribution in [1.29, 1.82) is 0 Å². The largest absolute Gasteiger partial charge is 0.416 e. The van der Waals surface area contributed by atoms with Crippen LogP contribution in [0.1, 0.15) is 37.2 Å². The molecule has 1 aromatic heterocycles. The molecule has 0 aliphatic carbocycles. The molecule has 25 heavy (non-hydrogen) atoms. The highest BCUT2D eigenvalue weighted by molar-refractivity contribution is 5.87. The zero-order valence-corrected chi connectivity index (χ0v) is 14.2. The Balaban J connectivity index is 1.85. The van der Waals surface area contributed by atoms with Gasteiger partial charge in [0.2, 0.25) is 5.91 Å². The zero-order valence-electron chi connectivity index (χ0n) is 14.2. The van der Waals surface area contributed by atoms with E-state index >= 15 is 0 Å². The van der Waals surface area contributed by atoms with E-state index in [1.165, 1.54) is 6.07 Å². The maximum absolute atomic E-state index is 12.9. The summed E-state index contributed by atoms with van der Waals surface area (Å²) in [6, 6.07) is 3.83. The fourth-order valence-electron chi connectivity index (χ4n) is 3.45. The van der Waals surface area contributed by atoms with E-state index < -0.39 is 11.7 Å². The van der Waals surface area contributed by atoms with Gasteiger partial charge in [-0.15, -0.1) is 0 Å². The quantitative estimate of drug-likeness (QED) is 0.764. The van der Waals surface area contributed by atoms with Gasteiger partial charge in [0.05, 0.1) is 16.6 Å². The third kappa shape index (κ3) is 3.41. The molecule has 1 aliphatic rings. The second kappa shape index (κ2) is 6.54. The van der Waals surface area contributed by atoms with Gasteiger partial charge in [-0.05, 0) is 51.0 Å². The number of fused-ring (bicyclic) bond motifs is 1. The molecule has 0 unspecified atom stereocenters. The SMILES string of the molecule is C/C=C/C(=O)N1CCC(n2c(C)nc3cc(C(F)(F)F)ccc32)CC1. The van der Waals surface area contributed by atoms with Gasteiger partial charge in [0, 0.05) is 19.1 Å². The summed E-state index contributed by atoms with van der Waals surface area (Å²) >= 11 is 0. The Bertz CT molecular complexity index is 815. The van der Waals surface area contributed by atoms with Crippen molar-refractivity contribution in [2.75, 3.05) is 13.1 Å². The van der Waals surface area contributed by atoms with Gasteiger partial charge in [0.15, 0.2) is 0 Å². The predicted molar refractivity (Wildman–Crippen MR) is 89.1 cm³/mol. The van der Waals surface area contributed by atoms with Crippen molar-refractivity contribution in [2.24, 2.45) is 0 Å². The standard InChI is InChI=1S/C18H20F3N3O/c1-3-4-17(25)23-9-7-14(8-10-23)24-12(2)22-15-11-13(18(19,20)21)5-6-16(15)24/h3-6,11,14H,7-10H2,1-2H3/b4-3+. The van der Waals surface area contributed by atoms with E-state index in [1.54, 1.807) is 24.0 Å². The summed E-state index contributed by atoms with van der Waals surface area (Å²) < 4.78 is 40.7. The maximum Gasteiger partial charge on any atom is 0.416 e. The molecule has 7 heteroatoms. The van der Waals surface area contributed by atoms with Gasteiger partial charge in [0.1, 0.15) is 5.82 Å². The molecule has 1 saturated heterocycles. The van der Waals surface area contributed by atoms with E-state index in [0.29, 0.717) is 29.9 Å². The number of amides is 1. The molecule has 0 saturated carbocycles. The number of hydrogen-bond acceptors (Lipinski definition) is 2. The van der Waals surface area contributed by atoms with Crippen LogP contribution in [0.3, 0.4) is 0 Å². The minimum Gasteiger partial charge on any atom is -0.339 e. The van der Waals surface area contributed by atoms with Crippen molar-refractivity contribution in [1.82, 2.24) is 14.5 Å². The Morgan fingerprint density at radius 3 is 2.56 bits per heavy atom. The van der Waals surface area contributed by atoms with Gasteiger partial charge in [-0.25, -0.2) is 4.98 Å². The van der Waals surface area contributed by atoms with Crippen molar-refractivity contribution in [3.8, 4) is 0 Å². The van der Waals surface area contributed by atoms with Gasteiger partial charge in [-0.1, -0.05) is 6.08 Å². The molecule has 134 valence electrons. The topological polar surface area (TPSA) is 38.1 Å². The first-order valence-corrected chi connectivity index (χ1v) is 8.28. The smallest absolute Gasteiger partial charge is 0.339 e. The number of imidazole rings is 1. The number of halogens is 3. The molecular formula is C18H20F3N3O. The number of aromatic nitrogens is 2. The van der Waals surface area contributed by atoms with Crippen LogP contribution in [0.5, 0.6) is 0 Å². The lowest BCUT2D eigenvalue weighted by molar-refractivity contribution is -0.137. The summed E-state index contributed by atoms with van der Waals surface area (Å²) in [6.45, 7) is 4.88.